The maximum Gasteiger partial charge on any atom is 0.251 e. The first-order chi connectivity index (χ1) is 14.4. The molecule has 0 spiro atoms. The van der Waals surface area contributed by atoms with Crippen LogP contribution in [0, 0.1) is 0 Å². The van der Waals surface area contributed by atoms with Crippen LogP contribution in [0.1, 0.15) is 35.3 Å². The van der Waals surface area contributed by atoms with Crippen LogP contribution >= 0.6 is 23.4 Å². The zero-order chi connectivity index (χ0) is 21.3. The van der Waals surface area contributed by atoms with Crippen molar-refractivity contribution in [3.8, 4) is 11.3 Å². The highest BCUT2D eigenvalue weighted by Gasteiger charge is 2.31. The molecular weight excluding hydrogens is 418 g/mol. The van der Waals surface area contributed by atoms with Crippen LogP contribution in [0.15, 0.2) is 42.7 Å². The van der Waals surface area contributed by atoms with Crippen LogP contribution in [0.25, 0.3) is 11.3 Å². The molecule has 154 valence electrons. The zero-order valence-electron chi connectivity index (χ0n) is 17.0. The van der Waals surface area contributed by atoms with E-state index in [9.17, 15) is 4.79 Å². The Morgan fingerprint density at radius 2 is 2.07 bits per heavy atom. The van der Waals surface area contributed by atoms with E-state index in [4.69, 9.17) is 11.6 Å². The molecular formula is C22H22ClN5OS. The van der Waals surface area contributed by atoms with Crippen molar-refractivity contribution in [3.05, 3.63) is 64.4 Å². The molecule has 30 heavy (non-hydrogen) atoms. The standard InChI is InChI=1S/C22H22ClN5OS/c1-22(2)12-26-20(29)15-5-4-14(9-16(15)22)19-17(23)10-25-21(28-19)27-18-8-13(11-30-3)6-7-24-18/h4-10H,11-12H2,1-3H3,(H,26,29)(H,24,25,27,28). The number of anilines is 2. The molecule has 4 rings (SSSR count). The van der Waals surface area contributed by atoms with Crippen molar-refractivity contribution in [1.29, 1.82) is 0 Å². The van der Waals surface area contributed by atoms with Crippen molar-refractivity contribution in [1.82, 2.24) is 20.3 Å². The van der Waals surface area contributed by atoms with E-state index in [-0.39, 0.29) is 11.3 Å². The predicted molar refractivity (Wildman–Crippen MR) is 123 cm³/mol. The monoisotopic (exact) mass is 439 g/mol. The molecule has 2 aromatic heterocycles. The molecule has 0 saturated carbocycles. The van der Waals surface area contributed by atoms with Crippen LogP contribution < -0.4 is 10.6 Å². The lowest BCUT2D eigenvalue weighted by atomic mass is 9.78. The summed E-state index contributed by atoms with van der Waals surface area (Å²) in [6.45, 7) is 4.80. The fourth-order valence-electron chi connectivity index (χ4n) is 3.48. The molecule has 0 atom stereocenters. The number of amides is 1. The third-order valence-corrected chi connectivity index (χ3v) is 5.98. The van der Waals surface area contributed by atoms with Gasteiger partial charge in [-0.2, -0.15) is 11.8 Å². The molecule has 0 fully saturated rings. The highest BCUT2D eigenvalue weighted by molar-refractivity contribution is 7.97. The molecule has 1 aliphatic heterocycles. The average Bonchev–Trinajstić information content (AvgIpc) is 2.73. The maximum absolute atomic E-state index is 12.2. The van der Waals surface area contributed by atoms with Crippen LogP contribution in [0.5, 0.6) is 0 Å². The van der Waals surface area contributed by atoms with Crippen molar-refractivity contribution < 1.29 is 4.79 Å². The Balaban J connectivity index is 1.69. The van der Waals surface area contributed by atoms with Gasteiger partial charge in [0.05, 0.1) is 16.9 Å². The van der Waals surface area contributed by atoms with Gasteiger partial charge in [0.25, 0.3) is 5.91 Å². The van der Waals surface area contributed by atoms with Crippen LogP contribution in [-0.2, 0) is 11.2 Å². The topological polar surface area (TPSA) is 79.8 Å². The summed E-state index contributed by atoms with van der Waals surface area (Å²) in [4.78, 5) is 25.5. The molecule has 2 N–H and O–H groups in total. The molecule has 3 heterocycles. The number of pyridine rings is 1. The van der Waals surface area contributed by atoms with Gasteiger partial charge in [0.1, 0.15) is 5.82 Å². The summed E-state index contributed by atoms with van der Waals surface area (Å²) >= 11 is 8.18. The summed E-state index contributed by atoms with van der Waals surface area (Å²) in [6.07, 6.45) is 5.40. The highest BCUT2D eigenvalue weighted by atomic mass is 35.5. The van der Waals surface area contributed by atoms with Gasteiger partial charge in [-0.15, -0.1) is 0 Å². The van der Waals surface area contributed by atoms with Gasteiger partial charge in [0.2, 0.25) is 5.95 Å². The molecule has 6 nitrogen and oxygen atoms in total. The summed E-state index contributed by atoms with van der Waals surface area (Å²) in [7, 11) is 0. The first-order valence-corrected chi connectivity index (χ1v) is 11.3. The summed E-state index contributed by atoms with van der Waals surface area (Å²) in [6, 6.07) is 9.67. The predicted octanol–water partition coefficient (Wildman–Crippen LogP) is 4.82. The van der Waals surface area contributed by atoms with Crippen LogP contribution in [0.2, 0.25) is 5.02 Å². The quantitative estimate of drug-likeness (QED) is 0.593. The lowest BCUT2D eigenvalue weighted by molar-refractivity contribution is 0.0930. The number of aromatic nitrogens is 3. The summed E-state index contributed by atoms with van der Waals surface area (Å²) < 4.78 is 0. The molecule has 1 aliphatic rings. The zero-order valence-corrected chi connectivity index (χ0v) is 18.6. The fraction of sp³-hybridized carbons (Fsp3) is 0.273. The Morgan fingerprint density at radius 1 is 1.23 bits per heavy atom. The Labute approximate surface area is 184 Å². The van der Waals surface area contributed by atoms with Gasteiger partial charge >= 0.3 is 0 Å². The average molecular weight is 440 g/mol. The van der Waals surface area contributed by atoms with Crippen LogP contribution in [0.3, 0.4) is 0 Å². The van der Waals surface area contributed by atoms with Crippen molar-refractivity contribution in [2.45, 2.75) is 25.0 Å². The van der Waals surface area contributed by atoms with E-state index in [1.165, 1.54) is 5.56 Å². The van der Waals surface area contributed by atoms with Crippen molar-refractivity contribution >= 4 is 41.0 Å². The van der Waals surface area contributed by atoms with Gasteiger partial charge in [-0.25, -0.2) is 15.0 Å². The number of fused-ring (bicyclic) bond motifs is 1. The second-order valence-electron chi connectivity index (χ2n) is 7.82. The number of nitrogens with zero attached hydrogens (tertiary/aromatic N) is 3. The molecule has 0 aliphatic carbocycles. The number of carbonyl (C=O) groups excluding carboxylic acids is 1. The summed E-state index contributed by atoms with van der Waals surface area (Å²) in [5.41, 5.74) is 4.12. The van der Waals surface area contributed by atoms with E-state index in [1.807, 2.05) is 30.3 Å². The van der Waals surface area contributed by atoms with Crippen molar-refractivity contribution in [3.63, 3.8) is 0 Å². The van der Waals surface area contributed by atoms with E-state index in [2.05, 4.69) is 45.7 Å². The molecule has 0 bridgehead atoms. The number of nitrogens with one attached hydrogen (secondary N) is 2. The van der Waals surface area contributed by atoms with Crippen LogP contribution in [-0.4, -0.2) is 33.7 Å². The number of carbonyl (C=O) groups is 1. The Kier molecular flexibility index (Phi) is 5.66. The number of thioether (sulfide) groups is 1. The normalized spacial score (nSPS) is 14.7. The van der Waals surface area contributed by atoms with Gasteiger partial charge in [0.15, 0.2) is 0 Å². The maximum atomic E-state index is 12.2. The lowest BCUT2D eigenvalue weighted by Gasteiger charge is -2.32. The molecule has 8 heteroatoms. The largest absolute Gasteiger partial charge is 0.351 e. The summed E-state index contributed by atoms with van der Waals surface area (Å²) in [5, 5.41) is 6.55. The molecule has 0 saturated heterocycles. The minimum absolute atomic E-state index is 0.0526. The van der Waals surface area contributed by atoms with Gasteiger partial charge in [0, 0.05) is 35.0 Å². The summed E-state index contributed by atoms with van der Waals surface area (Å²) in [5.74, 6) is 1.95. The smallest absolute Gasteiger partial charge is 0.251 e. The Bertz CT molecular complexity index is 1120. The Hall–Kier alpha value is -2.64. The van der Waals surface area contributed by atoms with Gasteiger partial charge in [-0.05, 0) is 41.6 Å². The second-order valence-corrected chi connectivity index (χ2v) is 9.10. The van der Waals surface area contributed by atoms with Crippen LogP contribution in [0.4, 0.5) is 11.8 Å². The minimum atomic E-state index is -0.179. The van der Waals surface area contributed by atoms with Gasteiger partial charge in [-0.1, -0.05) is 31.5 Å². The Morgan fingerprint density at radius 3 is 2.87 bits per heavy atom. The van der Waals surface area contributed by atoms with Crippen molar-refractivity contribution in [2.24, 2.45) is 0 Å². The van der Waals surface area contributed by atoms with Crippen molar-refractivity contribution in [2.75, 3.05) is 18.1 Å². The van der Waals surface area contributed by atoms with E-state index < -0.39 is 0 Å². The van der Waals surface area contributed by atoms with E-state index >= 15 is 0 Å². The number of hydrogen-bond acceptors (Lipinski definition) is 6. The minimum Gasteiger partial charge on any atom is -0.351 e. The number of benzene rings is 1. The first kappa shape index (κ1) is 20.6. The molecule has 3 aromatic rings. The molecule has 1 aromatic carbocycles. The van der Waals surface area contributed by atoms with E-state index in [0.717, 1.165) is 16.9 Å². The molecule has 0 unspecified atom stereocenters. The van der Waals surface area contributed by atoms with E-state index in [1.54, 1.807) is 24.2 Å². The third kappa shape index (κ3) is 4.13. The fourth-order valence-corrected chi connectivity index (χ4v) is 4.20. The van der Waals surface area contributed by atoms with E-state index in [0.29, 0.717) is 34.6 Å². The number of rotatable bonds is 5. The molecule has 0 radical (unpaired) electrons. The SMILES string of the molecule is CSCc1ccnc(Nc2ncc(Cl)c(-c3ccc4c(c3)C(C)(C)CNC4=O)n2)c1. The second kappa shape index (κ2) is 8.24. The number of halogens is 1. The van der Waals surface area contributed by atoms with Gasteiger partial charge < -0.3 is 10.6 Å². The molecule has 1 amide bonds. The first-order valence-electron chi connectivity index (χ1n) is 9.54. The highest BCUT2D eigenvalue weighted by Crippen LogP contribution is 2.35. The third-order valence-electron chi connectivity index (χ3n) is 5.08. The lowest BCUT2D eigenvalue weighted by Crippen LogP contribution is -2.43. The number of hydrogen-bond donors (Lipinski definition) is 2. The van der Waals surface area contributed by atoms with Gasteiger partial charge in [-0.3, -0.25) is 4.79 Å².